The summed E-state index contributed by atoms with van der Waals surface area (Å²) in [6, 6.07) is 0.909. The Kier molecular flexibility index (Phi) is 23.9. The minimum Gasteiger partial charge on any atom is -0.506 e. The number of carbonyl (C=O) groups is 8. The third-order valence-corrected chi connectivity index (χ3v) is 22.6. The average molecular weight is 1610 g/mol. The summed E-state index contributed by atoms with van der Waals surface area (Å²) < 4.78 is 75.6. The number of carboxylic acids is 1. The van der Waals surface area contributed by atoms with Crippen LogP contribution in [0.1, 0.15) is 126 Å². The molecule has 0 unspecified atom stereocenters. The number of likely N-dealkylation sites (N-methyl/N-ethyl adjacent to an activating group) is 1. The van der Waals surface area contributed by atoms with E-state index in [9.17, 15) is 48.1 Å². The number of halogens is 3. The van der Waals surface area contributed by atoms with Gasteiger partial charge in [0.1, 0.15) is 114 Å². The second-order valence-electron chi connectivity index (χ2n) is 25.9. The van der Waals surface area contributed by atoms with Crippen molar-refractivity contribution in [3.05, 3.63) is 112 Å². The van der Waals surface area contributed by atoms with Crippen LogP contribution < -0.4 is 26.6 Å². The number of aliphatic carboxylic acids is 1. The number of allylic oxidation sites excluding steroid dienone is 1. The molecule has 42 heteroatoms. The van der Waals surface area contributed by atoms with Gasteiger partial charge in [0, 0.05) is 75.9 Å². The van der Waals surface area contributed by atoms with Gasteiger partial charge in [-0.05, 0) is 59.5 Å². The van der Waals surface area contributed by atoms with Gasteiger partial charge in [-0.15, -0.1) is 56.7 Å². The number of fused-ring (bicyclic) bond motifs is 15. The molecule has 34 nitrogen and oxygen atoms in total. The predicted molar refractivity (Wildman–Crippen MR) is 382 cm³/mol. The number of rotatable bonds is 11. The highest BCUT2D eigenvalue weighted by molar-refractivity contribution is 7.14. The molecule has 10 N–H and O–H groups in total. The number of nitrogens with one attached hydrogen (secondary N) is 5. The molecular formula is C67H71F3N14O20S5. The number of ether oxygens (including phenoxy) is 7. The van der Waals surface area contributed by atoms with E-state index < -0.39 is 134 Å². The Morgan fingerprint density at radius 3 is 2.19 bits per heavy atom. The Labute approximate surface area is 636 Å². The van der Waals surface area contributed by atoms with Crippen LogP contribution in [-0.2, 0) is 72.1 Å². The van der Waals surface area contributed by atoms with Gasteiger partial charge in [0.2, 0.25) is 11.8 Å². The first kappa shape index (κ1) is 79.0. The first-order valence-electron chi connectivity index (χ1n) is 33.4. The second kappa shape index (κ2) is 32.9. The number of alkyl halides is 3. The van der Waals surface area contributed by atoms with E-state index in [4.69, 9.17) is 63.0 Å². The van der Waals surface area contributed by atoms with Crippen molar-refractivity contribution in [3.63, 3.8) is 0 Å². The van der Waals surface area contributed by atoms with Crippen molar-refractivity contribution < 1.29 is 110 Å². The number of amides is 5. The number of cyclic esters (lactones) is 2. The first-order valence-corrected chi connectivity index (χ1v) is 37.8. The second-order valence-corrected chi connectivity index (χ2v) is 30.3. The third-order valence-electron chi connectivity index (χ3n) is 18.0. The highest BCUT2D eigenvalue weighted by Crippen LogP contribution is 2.43. The molecule has 0 spiro atoms. The molecule has 5 aliphatic heterocycles. The van der Waals surface area contributed by atoms with Crippen molar-refractivity contribution in [1.29, 1.82) is 0 Å². The molecule has 5 aliphatic rings. The first-order chi connectivity index (χ1) is 51.8. The fraction of sp³-hybridized carbons (Fsp3) is 0.433. The number of aromatic hydroxyl groups is 1. The molecule has 0 saturated carbocycles. The van der Waals surface area contributed by atoms with Crippen LogP contribution >= 0.6 is 56.7 Å². The van der Waals surface area contributed by atoms with E-state index in [0.29, 0.717) is 35.7 Å². The number of nitrogens with zero attached hydrogens (tertiary/aromatic N) is 9. The quantitative estimate of drug-likeness (QED) is 0.0455. The number of thiazole rings is 5. The van der Waals surface area contributed by atoms with Crippen LogP contribution in [0.3, 0.4) is 0 Å². The number of carbonyl (C=O) groups excluding carboxylic acids is 7. The van der Waals surface area contributed by atoms with Crippen LogP contribution in [0.25, 0.3) is 49.3 Å². The number of hydrogen-bond donors (Lipinski definition) is 10. The maximum absolute atomic E-state index is 15.2. The van der Waals surface area contributed by atoms with Crippen LogP contribution in [0.4, 0.5) is 13.2 Å². The standard InChI is InChI=1S/C65H70N14O18S5.C2HF3O2/c1-28(80)45-57(86)75-46(29(2)91-7)60-71-39(27-101-60)56(85)76-49-51-52(97-43-18-65(4,89)53(77(5)6)30(3)96-43)64(88)94-20-31-9-8-10-40-44(31)34(21-93-51)50(79(40)90)63(87)95-22-35(68-54(83)37-26-102-62(49)72-37)59-69-36(24-100-59)47-33(58-70-38(25-99-58)55(84)74-45)17-41(81)48(73-47)61-67-32(23-98-61)19-66-42(82)11-12-78-13-15-92-16-14-78;3-2(4,5)1(6)7/h8-10,17,23-28,30,35,43,45,49,51-53,80-81,89-90H,11-16,18-22H2,1-7H3,(H,66,82)(H,68,83)(H,74,84)(H,75,86)(H,76,85);(H,6,7)/b46-29+;/t28-,30+,35+,43+,45+,49+,51+,52+,53-,65+;/m1./s1. The fourth-order valence-corrected chi connectivity index (χ4v) is 17.0. The van der Waals surface area contributed by atoms with Crippen molar-refractivity contribution in [1.82, 2.24) is 71.0 Å². The number of aliphatic hydroxyl groups is 2. The number of aliphatic hydroxyl groups excluding tert-OH is 1. The molecule has 580 valence electrons. The summed E-state index contributed by atoms with van der Waals surface area (Å²) in [6.07, 6.45) is -12.3. The molecule has 12 bridgehead atoms. The van der Waals surface area contributed by atoms with Gasteiger partial charge in [0.25, 0.3) is 17.7 Å². The molecule has 5 amide bonds. The number of methoxy groups -OCH3 is 1. The topological polar surface area (TPSA) is 451 Å². The van der Waals surface area contributed by atoms with E-state index in [1.165, 1.54) is 49.2 Å². The molecule has 8 aromatic rings. The largest absolute Gasteiger partial charge is 0.506 e. The zero-order valence-corrected chi connectivity index (χ0v) is 62.8. The van der Waals surface area contributed by atoms with Gasteiger partial charge in [0.15, 0.2) is 18.1 Å². The average Bonchev–Trinajstić information content (AvgIpc) is 1.60. The van der Waals surface area contributed by atoms with Crippen molar-refractivity contribution in [2.75, 3.05) is 60.7 Å². The van der Waals surface area contributed by atoms with Crippen LogP contribution in [0.2, 0.25) is 0 Å². The normalized spacial score (nSPS) is 23.9. The fourth-order valence-electron chi connectivity index (χ4n) is 12.8. The van der Waals surface area contributed by atoms with Crippen molar-refractivity contribution in [2.45, 2.75) is 127 Å². The maximum Gasteiger partial charge on any atom is 0.490 e. The summed E-state index contributed by atoms with van der Waals surface area (Å²) in [5, 5.41) is 76.6. The van der Waals surface area contributed by atoms with E-state index in [1.54, 1.807) is 55.7 Å². The molecule has 13 rings (SSSR count). The molecule has 1 aromatic carbocycles. The minimum atomic E-state index is -5.08. The van der Waals surface area contributed by atoms with E-state index in [-0.39, 0.29) is 124 Å². The number of carboxylic acid groups (broad SMARTS) is 1. The highest BCUT2D eigenvalue weighted by atomic mass is 32.1. The summed E-state index contributed by atoms with van der Waals surface area (Å²) in [7, 11) is 4.88. The van der Waals surface area contributed by atoms with Crippen LogP contribution in [-0.4, -0.2) is 233 Å². The summed E-state index contributed by atoms with van der Waals surface area (Å²) in [6.45, 7) is 7.64. The van der Waals surface area contributed by atoms with Gasteiger partial charge in [-0.3, -0.25) is 28.9 Å². The molecule has 0 radical (unpaired) electrons. The zero-order chi connectivity index (χ0) is 78.1. The van der Waals surface area contributed by atoms with E-state index in [2.05, 4.69) is 41.5 Å². The van der Waals surface area contributed by atoms with Gasteiger partial charge >= 0.3 is 24.1 Å². The van der Waals surface area contributed by atoms with E-state index >= 15 is 19.2 Å². The molecule has 2 saturated heterocycles. The lowest BCUT2D eigenvalue weighted by atomic mass is 9.85. The Hall–Kier alpha value is -9.57. The Balaban J connectivity index is 0.00000151. The van der Waals surface area contributed by atoms with Gasteiger partial charge in [-0.1, -0.05) is 12.1 Å². The predicted octanol–water partition coefficient (Wildman–Crippen LogP) is 5.13. The summed E-state index contributed by atoms with van der Waals surface area (Å²) in [4.78, 5) is 144. The highest BCUT2D eigenvalue weighted by Gasteiger charge is 2.50. The number of pyridine rings is 1. The summed E-state index contributed by atoms with van der Waals surface area (Å²) in [5.74, 6) is -9.03. The lowest BCUT2D eigenvalue weighted by Gasteiger charge is -2.48. The number of hydrogen-bond acceptors (Lipinski definition) is 32. The van der Waals surface area contributed by atoms with Crippen molar-refractivity contribution in [3.8, 4) is 38.4 Å². The Morgan fingerprint density at radius 2 is 1.50 bits per heavy atom. The maximum atomic E-state index is 15.2. The Bertz CT molecular complexity index is 4830. The third kappa shape index (κ3) is 17.4. The van der Waals surface area contributed by atoms with Crippen molar-refractivity contribution >= 4 is 121 Å². The molecule has 10 atom stereocenters. The summed E-state index contributed by atoms with van der Waals surface area (Å²) >= 11 is 4.88. The van der Waals surface area contributed by atoms with Crippen LogP contribution in [0, 0.1) is 0 Å². The van der Waals surface area contributed by atoms with E-state index in [1.807, 2.05) is 0 Å². The molecular weight excluding hydrogens is 1540 g/mol. The monoisotopic (exact) mass is 1610 g/mol. The number of benzene rings is 1. The van der Waals surface area contributed by atoms with E-state index in [0.717, 1.165) is 69.8 Å². The lowest BCUT2D eigenvalue weighted by molar-refractivity contribution is -0.280. The molecule has 12 heterocycles. The van der Waals surface area contributed by atoms with Gasteiger partial charge in [-0.25, -0.2) is 44.3 Å². The molecule has 0 aliphatic carbocycles. The van der Waals surface area contributed by atoms with Gasteiger partial charge in [0.05, 0.1) is 68.5 Å². The smallest absolute Gasteiger partial charge is 0.490 e. The molecule has 2 fully saturated rings. The molecule has 7 aromatic heterocycles. The number of morpholine rings is 1. The lowest BCUT2D eigenvalue weighted by Crippen LogP contribution is -2.62. The number of esters is 2. The van der Waals surface area contributed by atoms with Crippen molar-refractivity contribution in [2.24, 2.45) is 0 Å². The Morgan fingerprint density at radius 1 is 0.844 bits per heavy atom. The van der Waals surface area contributed by atoms with Gasteiger partial charge < -0.3 is 90.3 Å². The van der Waals surface area contributed by atoms with Crippen LogP contribution in [0.5, 0.6) is 5.75 Å². The number of aromatic nitrogens is 7. The van der Waals surface area contributed by atoms with Gasteiger partial charge in [-0.2, -0.15) is 17.9 Å². The van der Waals surface area contributed by atoms with Crippen LogP contribution in [0.15, 0.2) is 56.9 Å². The molecule has 109 heavy (non-hydrogen) atoms. The minimum absolute atomic E-state index is 0.000868. The zero-order valence-electron chi connectivity index (χ0n) is 58.7. The summed E-state index contributed by atoms with van der Waals surface area (Å²) in [5.41, 5.74) is -1.50. The SMILES string of the molecule is CO/C(C)=C1/NC(=O)[C@H]([C@@H](C)O)NC(=O)c2csc(n2)-c2cc(O)c(-c3nc(CNC(=O)CCN4CCOCC4)cs3)nc2-c2csc(n2)[C@@H]2COC(=O)c3c4c5c(cccc5n3O)COC(=O)[C@@H](O[C@H]3C[C@](C)(O)[C@H](N(C)C)[C@H](C)O3)[C@@H](OC4)[C@H](NC(=O)c3csc1n3)c1nc(cs1)C(=O)N2.O=C(O)C(F)(F)F.